The third-order valence-electron chi connectivity index (χ3n) is 1.99. The van der Waals surface area contributed by atoms with E-state index in [4.69, 9.17) is 5.73 Å². The van der Waals surface area contributed by atoms with Crippen LogP contribution in [-0.2, 0) is 6.18 Å². The lowest BCUT2D eigenvalue weighted by Crippen LogP contribution is -2.08. The molecule has 0 heterocycles. The number of halogens is 3. The number of thiol groups is 1. The molecule has 2 N–H and O–H groups in total. The number of alkyl halides is 3. The van der Waals surface area contributed by atoms with Crippen molar-refractivity contribution in [1.29, 1.82) is 0 Å². The Kier molecular flexibility index (Phi) is 4.29. The number of nitrogens with two attached hydrogens (primary N) is 1. The Balaban J connectivity index is 2.99. The zero-order valence-corrected chi connectivity index (χ0v) is 9.35. The number of anilines is 1. The van der Waals surface area contributed by atoms with E-state index < -0.39 is 11.7 Å². The molecule has 1 rings (SSSR count). The molecule has 1 aromatic carbocycles. The number of allylic oxidation sites excluding steroid dienone is 1. The van der Waals surface area contributed by atoms with Crippen molar-refractivity contribution in [1.82, 2.24) is 0 Å². The van der Waals surface area contributed by atoms with E-state index >= 15 is 0 Å². The van der Waals surface area contributed by atoms with Crippen LogP contribution in [0.15, 0.2) is 24.3 Å². The average molecular weight is 247 g/mol. The van der Waals surface area contributed by atoms with E-state index in [1.54, 1.807) is 18.2 Å². The summed E-state index contributed by atoms with van der Waals surface area (Å²) < 4.78 is 37.5. The number of benzene rings is 1. The van der Waals surface area contributed by atoms with Gasteiger partial charge in [-0.1, -0.05) is 18.2 Å². The van der Waals surface area contributed by atoms with Crippen LogP contribution in [0.3, 0.4) is 0 Å². The van der Waals surface area contributed by atoms with Crippen molar-refractivity contribution in [3.05, 3.63) is 35.4 Å². The van der Waals surface area contributed by atoms with Gasteiger partial charge in [-0.25, -0.2) is 0 Å². The van der Waals surface area contributed by atoms with E-state index in [1.165, 1.54) is 6.07 Å². The summed E-state index contributed by atoms with van der Waals surface area (Å²) in [6.07, 6.45) is -0.282. The van der Waals surface area contributed by atoms with Gasteiger partial charge in [0, 0.05) is 5.69 Å². The number of rotatable bonds is 3. The summed E-state index contributed by atoms with van der Waals surface area (Å²) in [5, 5.41) is 0. The van der Waals surface area contributed by atoms with Gasteiger partial charge in [0.2, 0.25) is 0 Å². The predicted octanol–water partition coefficient (Wildman–Crippen LogP) is 3.62. The molecular weight excluding hydrogens is 235 g/mol. The van der Waals surface area contributed by atoms with Crippen LogP contribution in [0.2, 0.25) is 0 Å². The van der Waals surface area contributed by atoms with Crippen LogP contribution in [0.1, 0.15) is 17.5 Å². The first-order valence-electron chi connectivity index (χ1n) is 4.69. The summed E-state index contributed by atoms with van der Waals surface area (Å²) in [5.74, 6) is 0.664. The van der Waals surface area contributed by atoms with Crippen LogP contribution in [0, 0.1) is 0 Å². The minimum absolute atomic E-state index is 0.251. The lowest BCUT2D eigenvalue weighted by molar-refractivity contribution is -0.136. The second-order valence-electron chi connectivity index (χ2n) is 3.26. The first-order chi connectivity index (χ1) is 7.45. The summed E-state index contributed by atoms with van der Waals surface area (Å²) in [7, 11) is 0. The van der Waals surface area contributed by atoms with E-state index in [9.17, 15) is 13.2 Å². The molecule has 88 valence electrons. The van der Waals surface area contributed by atoms with Gasteiger partial charge in [-0.2, -0.15) is 25.8 Å². The molecule has 0 radical (unpaired) electrons. The van der Waals surface area contributed by atoms with Gasteiger partial charge in [0.25, 0.3) is 0 Å². The minimum Gasteiger partial charge on any atom is -0.398 e. The van der Waals surface area contributed by atoms with E-state index in [0.29, 0.717) is 11.3 Å². The van der Waals surface area contributed by atoms with E-state index in [-0.39, 0.29) is 5.69 Å². The van der Waals surface area contributed by atoms with E-state index in [1.807, 2.05) is 0 Å². The molecule has 0 amide bonds. The highest BCUT2D eigenvalue weighted by atomic mass is 32.1. The van der Waals surface area contributed by atoms with Gasteiger partial charge in [0.1, 0.15) is 0 Å². The van der Waals surface area contributed by atoms with Gasteiger partial charge < -0.3 is 5.73 Å². The number of nitrogen functional groups attached to an aromatic ring is 1. The van der Waals surface area contributed by atoms with Crippen LogP contribution in [-0.4, -0.2) is 5.75 Å². The monoisotopic (exact) mass is 247 g/mol. The number of hydrogen-bond acceptors (Lipinski definition) is 2. The van der Waals surface area contributed by atoms with Crippen LogP contribution in [0.5, 0.6) is 0 Å². The molecule has 0 aromatic heterocycles. The third-order valence-corrected chi connectivity index (χ3v) is 2.25. The largest absolute Gasteiger partial charge is 0.418 e. The van der Waals surface area contributed by atoms with Crippen molar-refractivity contribution >= 4 is 24.4 Å². The Labute approximate surface area is 97.6 Å². The van der Waals surface area contributed by atoms with Crippen LogP contribution in [0.25, 0.3) is 6.08 Å². The van der Waals surface area contributed by atoms with Gasteiger partial charge in [0.15, 0.2) is 0 Å². The highest BCUT2D eigenvalue weighted by Crippen LogP contribution is 2.34. The first-order valence-corrected chi connectivity index (χ1v) is 5.32. The molecule has 0 spiro atoms. The second-order valence-corrected chi connectivity index (χ2v) is 3.71. The highest BCUT2D eigenvalue weighted by Gasteiger charge is 2.32. The molecule has 1 nitrogen and oxygen atoms in total. The molecule has 0 atom stereocenters. The van der Waals surface area contributed by atoms with E-state index in [2.05, 4.69) is 12.6 Å². The Morgan fingerprint density at radius 1 is 1.31 bits per heavy atom. The fourth-order valence-corrected chi connectivity index (χ4v) is 1.37. The lowest BCUT2D eigenvalue weighted by atomic mass is 10.1. The molecule has 0 fully saturated rings. The van der Waals surface area contributed by atoms with Crippen molar-refractivity contribution in [3.8, 4) is 0 Å². The van der Waals surface area contributed by atoms with Crippen molar-refractivity contribution in [2.45, 2.75) is 12.6 Å². The molecule has 0 aliphatic carbocycles. The van der Waals surface area contributed by atoms with Crippen LogP contribution < -0.4 is 5.73 Å². The molecule has 0 bridgehead atoms. The average Bonchev–Trinajstić information content (AvgIpc) is 2.19. The Bertz CT molecular complexity index is 385. The Morgan fingerprint density at radius 2 is 2.00 bits per heavy atom. The predicted molar refractivity (Wildman–Crippen MR) is 63.4 cm³/mol. The highest BCUT2D eigenvalue weighted by molar-refractivity contribution is 7.80. The van der Waals surface area contributed by atoms with Gasteiger partial charge in [-0.05, 0) is 29.9 Å². The molecule has 16 heavy (non-hydrogen) atoms. The SMILES string of the molecule is Nc1ccc(C=CCCS)cc1C(F)(F)F. The van der Waals surface area contributed by atoms with Crippen LogP contribution in [0.4, 0.5) is 18.9 Å². The fraction of sp³-hybridized carbons (Fsp3) is 0.273. The molecule has 0 unspecified atom stereocenters. The molecule has 0 aliphatic rings. The zero-order valence-electron chi connectivity index (χ0n) is 8.46. The second kappa shape index (κ2) is 5.30. The van der Waals surface area contributed by atoms with E-state index in [0.717, 1.165) is 12.5 Å². The quantitative estimate of drug-likeness (QED) is 0.619. The van der Waals surface area contributed by atoms with Crippen molar-refractivity contribution in [3.63, 3.8) is 0 Å². The Hall–Kier alpha value is -1.10. The maximum absolute atomic E-state index is 12.5. The fourth-order valence-electron chi connectivity index (χ4n) is 1.22. The van der Waals surface area contributed by atoms with Gasteiger partial charge in [0.05, 0.1) is 5.56 Å². The summed E-state index contributed by atoms with van der Waals surface area (Å²) in [5.41, 5.74) is 4.72. The molecule has 0 aliphatic heterocycles. The van der Waals surface area contributed by atoms with Crippen LogP contribution >= 0.6 is 12.6 Å². The van der Waals surface area contributed by atoms with Gasteiger partial charge in [-0.3, -0.25) is 0 Å². The minimum atomic E-state index is -4.41. The third kappa shape index (κ3) is 3.48. The number of hydrogen-bond donors (Lipinski definition) is 2. The zero-order chi connectivity index (χ0) is 12.2. The molecule has 1 aromatic rings. The first kappa shape index (κ1) is 13.0. The van der Waals surface area contributed by atoms with Gasteiger partial charge >= 0.3 is 6.18 Å². The van der Waals surface area contributed by atoms with Crippen molar-refractivity contribution in [2.24, 2.45) is 0 Å². The summed E-state index contributed by atoms with van der Waals surface area (Å²) in [6.45, 7) is 0. The topological polar surface area (TPSA) is 26.0 Å². The van der Waals surface area contributed by atoms with Crippen molar-refractivity contribution in [2.75, 3.05) is 11.5 Å². The molecule has 0 saturated heterocycles. The smallest absolute Gasteiger partial charge is 0.398 e. The summed E-state index contributed by atoms with van der Waals surface area (Å²) >= 11 is 4.00. The maximum atomic E-state index is 12.5. The lowest BCUT2D eigenvalue weighted by Gasteiger charge is -2.10. The maximum Gasteiger partial charge on any atom is 0.418 e. The van der Waals surface area contributed by atoms with Gasteiger partial charge in [-0.15, -0.1) is 0 Å². The summed E-state index contributed by atoms with van der Waals surface area (Å²) in [6, 6.07) is 3.87. The molecule has 0 saturated carbocycles. The Morgan fingerprint density at radius 3 is 2.56 bits per heavy atom. The van der Waals surface area contributed by atoms with Crippen molar-refractivity contribution < 1.29 is 13.2 Å². The molecule has 5 heteroatoms. The molecular formula is C11H12F3NS. The summed E-state index contributed by atoms with van der Waals surface area (Å²) in [4.78, 5) is 0. The standard InChI is InChI=1S/C11H12F3NS/c12-11(13,14)9-7-8(3-1-2-6-16)4-5-10(9)15/h1,3-5,7,16H,2,6,15H2. The normalized spacial score (nSPS) is 12.2.